The quantitative estimate of drug-likeness (QED) is 0.747. The van der Waals surface area contributed by atoms with Crippen molar-refractivity contribution >= 4 is 11.9 Å². The summed E-state index contributed by atoms with van der Waals surface area (Å²) in [6.45, 7) is 3.30. The number of aliphatic carboxylic acids is 1. The molecule has 0 aliphatic carbocycles. The van der Waals surface area contributed by atoms with Gasteiger partial charge in [0.1, 0.15) is 0 Å². The first-order chi connectivity index (χ1) is 9.58. The predicted octanol–water partition coefficient (Wildman–Crippen LogP) is 0.928. The Morgan fingerprint density at radius 3 is 2.65 bits per heavy atom. The molecule has 1 fully saturated rings. The Labute approximate surface area is 118 Å². The fourth-order valence-corrected chi connectivity index (χ4v) is 2.54. The summed E-state index contributed by atoms with van der Waals surface area (Å²) in [4.78, 5) is 22.9. The lowest BCUT2D eigenvalue weighted by molar-refractivity contribution is -0.136. The Morgan fingerprint density at radius 2 is 2.05 bits per heavy atom. The lowest BCUT2D eigenvalue weighted by Crippen LogP contribution is -2.43. The second-order valence-electron chi connectivity index (χ2n) is 5.25. The number of nitrogens with one attached hydrogen (secondary N) is 2. The zero-order valence-corrected chi connectivity index (χ0v) is 11.6. The van der Waals surface area contributed by atoms with Crippen LogP contribution in [-0.2, 0) is 22.6 Å². The van der Waals surface area contributed by atoms with E-state index in [-0.39, 0.29) is 18.4 Å². The third-order valence-corrected chi connectivity index (χ3v) is 3.73. The molecular weight excluding hydrogens is 256 g/mol. The molecule has 20 heavy (non-hydrogen) atoms. The molecule has 5 nitrogen and oxygen atoms in total. The highest BCUT2D eigenvalue weighted by Gasteiger charge is 2.28. The van der Waals surface area contributed by atoms with E-state index in [0.29, 0.717) is 12.5 Å². The second kappa shape index (κ2) is 6.52. The molecule has 5 heteroatoms. The zero-order chi connectivity index (χ0) is 14.5. The van der Waals surface area contributed by atoms with E-state index in [2.05, 4.69) is 17.6 Å². The highest BCUT2D eigenvalue weighted by Crippen LogP contribution is 2.15. The highest BCUT2D eigenvalue weighted by molar-refractivity contribution is 5.82. The fourth-order valence-electron chi connectivity index (χ4n) is 2.54. The number of benzene rings is 1. The van der Waals surface area contributed by atoms with Crippen molar-refractivity contribution in [3.05, 3.63) is 35.4 Å². The Kier molecular flexibility index (Phi) is 4.74. The van der Waals surface area contributed by atoms with Crippen LogP contribution in [0.2, 0.25) is 0 Å². The average Bonchev–Trinajstić information content (AvgIpc) is 2.83. The number of carbonyl (C=O) groups is 2. The summed E-state index contributed by atoms with van der Waals surface area (Å²) >= 11 is 0. The minimum absolute atomic E-state index is 0.0138. The molecule has 1 aromatic carbocycles. The number of hydrogen-bond donors (Lipinski definition) is 3. The number of carboxylic acid groups (broad SMARTS) is 1. The van der Waals surface area contributed by atoms with E-state index in [0.717, 1.165) is 24.1 Å². The van der Waals surface area contributed by atoms with Crippen LogP contribution in [0.1, 0.15) is 24.5 Å². The maximum atomic E-state index is 12.1. The molecule has 1 aromatic rings. The SMILES string of the molecule is CC1CCNC1C(=O)NCc1ccccc1CC(=O)O. The van der Waals surface area contributed by atoms with Crippen LogP contribution in [0.5, 0.6) is 0 Å². The fraction of sp³-hybridized carbons (Fsp3) is 0.467. The van der Waals surface area contributed by atoms with Gasteiger partial charge in [-0.1, -0.05) is 31.2 Å². The first-order valence-corrected chi connectivity index (χ1v) is 6.87. The molecule has 2 rings (SSSR count). The van der Waals surface area contributed by atoms with E-state index < -0.39 is 5.97 Å². The predicted molar refractivity (Wildman–Crippen MR) is 75.2 cm³/mol. The van der Waals surface area contributed by atoms with Crippen LogP contribution in [0.4, 0.5) is 0 Å². The van der Waals surface area contributed by atoms with Crippen molar-refractivity contribution in [1.29, 1.82) is 0 Å². The van der Waals surface area contributed by atoms with Gasteiger partial charge >= 0.3 is 5.97 Å². The first-order valence-electron chi connectivity index (χ1n) is 6.87. The van der Waals surface area contributed by atoms with Gasteiger partial charge in [-0.15, -0.1) is 0 Å². The largest absolute Gasteiger partial charge is 0.481 e. The molecule has 2 unspecified atom stereocenters. The summed E-state index contributed by atoms with van der Waals surface area (Å²) in [6, 6.07) is 7.16. The third-order valence-electron chi connectivity index (χ3n) is 3.73. The summed E-state index contributed by atoms with van der Waals surface area (Å²) in [5.41, 5.74) is 1.60. The normalized spacial score (nSPS) is 21.6. The molecule has 1 aliphatic heterocycles. The number of amides is 1. The maximum Gasteiger partial charge on any atom is 0.307 e. The van der Waals surface area contributed by atoms with Gasteiger partial charge in [0.2, 0.25) is 5.91 Å². The minimum atomic E-state index is -0.866. The van der Waals surface area contributed by atoms with Gasteiger partial charge in [0.05, 0.1) is 12.5 Å². The van der Waals surface area contributed by atoms with E-state index >= 15 is 0 Å². The zero-order valence-electron chi connectivity index (χ0n) is 11.6. The van der Waals surface area contributed by atoms with E-state index in [1.54, 1.807) is 6.07 Å². The molecule has 1 saturated heterocycles. The van der Waals surface area contributed by atoms with Crippen molar-refractivity contribution in [2.45, 2.75) is 32.4 Å². The Balaban J connectivity index is 1.96. The van der Waals surface area contributed by atoms with Crippen LogP contribution >= 0.6 is 0 Å². The van der Waals surface area contributed by atoms with Crippen LogP contribution in [0, 0.1) is 5.92 Å². The number of rotatable bonds is 5. The monoisotopic (exact) mass is 276 g/mol. The van der Waals surface area contributed by atoms with Gasteiger partial charge in [-0.25, -0.2) is 0 Å². The molecule has 1 amide bonds. The van der Waals surface area contributed by atoms with Gasteiger partial charge in [-0.2, -0.15) is 0 Å². The van der Waals surface area contributed by atoms with E-state index in [9.17, 15) is 9.59 Å². The van der Waals surface area contributed by atoms with Gasteiger partial charge in [-0.05, 0) is 30.0 Å². The van der Waals surface area contributed by atoms with Gasteiger partial charge in [0.15, 0.2) is 0 Å². The van der Waals surface area contributed by atoms with Gasteiger partial charge in [0.25, 0.3) is 0 Å². The molecule has 0 bridgehead atoms. The average molecular weight is 276 g/mol. The highest BCUT2D eigenvalue weighted by atomic mass is 16.4. The van der Waals surface area contributed by atoms with Crippen LogP contribution < -0.4 is 10.6 Å². The van der Waals surface area contributed by atoms with Crippen LogP contribution in [0.3, 0.4) is 0 Å². The Morgan fingerprint density at radius 1 is 1.35 bits per heavy atom. The molecule has 3 N–H and O–H groups in total. The summed E-state index contributed by atoms with van der Waals surface area (Å²) in [6.07, 6.45) is 0.984. The number of hydrogen-bond acceptors (Lipinski definition) is 3. The van der Waals surface area contributed by atoms with Gasteiger partial charge in [-0.3, -0.25) is 9.59 Å². The Bertz CT molecular complexity index is 502. The standard InChI is InChI=1S/C15H20N2O3/c1-10-6-7-16-14(10)15(20)17-9-12-5-3-2-4-11(12)8-13(18)19/h2-5,10,14,16H,6-9H2,1H3,(H,17,20)(H,18,19). The smallest absolute Gasteiger partial charge is 0.307 e. The molecule has 1 aliphatic rings. The Hall–Kier alpha value is -1.88. The lowest BCUT2D eigenvalue weighted by atomic mass is 10.0. The molecule has 1 heterocycles. The molecular formula is C15H20N2O3. The maximum absolute atomic E-state index is 12.1. The van der Waals surface area contributed by atoms with Crippen LogP contribution in [0.25, 0.3) is 0 Å². The summed E-state index contributed by atoms with van der Waals surface area (Å²) in [5.74, 6) is -0.542. The van der Waals surface area contributed by atoms with Crippen molar-refractivity contribution in [3.8, 4) is 0 Å². The summed E-state index contributed by atoms with van der Waals surface area (Å²) < 4.78 is 0. The van der Waals surface area contributed by atoms with Gasteiger partial charge < -0.3 is 15.7 Å². The van der Waals surface area contributed by atoms with Crippen molar-refractivity contribution in [2.24, 2.45) is 5.92 Å². The lowest BCUT2D eigenvalue weighted by Gasteiger charge is -2.16. The van der Waals surface area contributed by atoms with Gasteiger partial charge in [0, 0.05) is 6.54 Å². The summed E-state index contributed by atoms with van der Waals surface area (Å²) in [7, 11) is 0. The van der Waals surface area contributed by atoms with Crippen molar-refractivity contribution in [2.75, 3.05) is 6.54 Å². The molecule has 0 spiro atoms. The molecule has 108 valence electrons. The van der Waals surface area contributed by atoms with Crippen LogP contribution in [-0.4, -0.2) is 29.6 Å². The number of carbonyl (C=O) groups excluding carboxylic acids is 1. The molecule has 2 atom stereocenters. The topological polar surface area (TPSA) is 78.4 Å². The third kappa shape index (κ3) is 3.57. The molecule has 0 radical (unpaired) electrons. The van der Waals surface area contributed by atoms with Crippen molar-refractivity contribution in [3.63, 3.8) is 0 Å². The van der Waals surface area contributed by atoms with E-state index in [1.807, 2.05) is 18.2 Å². The first kappa shape index (κ1) is 14.5. The van der Waals surface area contributed by atoms with Crippen molar-refractivity contribution < 1.29 is 14.7 Å². The molecule has 0 saturated carbocycles. The van der Waals surface area contributed by atoms with Crippen molar-refractivity contribution in [1.82, 2.24) is 10.6 Å². The van der Waals surface area contributed by atoms with E-state index in [1.165, 1.54) is 0 Å². The number of carboxylic acids is 1. The molecule has 0 aromatic heterocycles. The minimum Gasteiger partial charge on any atom is -0.481 e. The second-order valence-corrected chi connectivity index (χ2v) is 5.25. The van der Waals surface area contributed by atoms with Crippen LogP contribution in [0.15, 0.2) is 24.3 Å². The summed E-state index contributed by atoms with van der Waals surface area (Å²) in [5, 5.41) is 15.0. The van der Waals surface area contributed by atoms with E-state index in [4.69, 9.17) is 5.11 Å².